The highest BCUT2D eigenvalue weighted by molar-refractivity contribution is 6.08. The Morgan fingerprint density at radius 3 is 2.22 bits per heavy atom. The van der Waals surface area contributed by atoms with Crippen molar-refractivity contribution >= 4 is 23.0 Å². The standard InChI is InChI=1S/C15H11N3O5/c19-15(16-6-5-10-3-1-2-4-14(10)16)11-7-12(17(20)21)9-13(8-11)18(22)23/h1-4,7-9H,5-6H2. The molecule has 1 heterocycles. The second kappa shape index (κ2) is 5.48. The highest BCUT2D eigenvalue weighted by atomic mass is 16.6. The molecule has 0 aromatic heterocycles. The first-order valence-electron chi connectivity index (χ1n) is 6.81. The largest absolute Gasteiger partial charge is 0.308 e. The second-order valence-electron chi connectivity index (χ2n) is 5.09. The fourth-order valence-electron chi connectivity index (χ4n) is 2.63. The molecule has 3 rings (SSSR count). The molecule has 0 unspecified atom stereocenters. The van der Waals surface area contributed by atoms with Gasteiger partial charge in [-0.25, -0.2) is 0 Å². The molecule has 8 heteroatoms. The molecule has 116 valence electrons. The van der Waals surface area contributed by atoms with Crippen LogP contribution in [0, 0.1) is 20.2 Å². The Labute approximate surface area is 130 Å². The van der Waals surface area contributed by atoms with Crippen LogP contribution in [-0.2, 0) is 6.42 Å². The van der Waals surface area contributed by atoms with Crippen molar-refractivity contribution in [2.24, 2.45) is 0 Å². The van der Waals surface area contributed by atoms with Crippen LogP contribution in [0.5, 0.6) is 0 Å². The lowest BCUT2D eigenvalue weighted by atomic mass is 10.1. The Bertz CT molecular complexity index is 801. The summed E-state index contributed by atoms with van der Waals surface area (Å²) in [4.78, 5) is 34.5. The van der Waals surface area contributed by atoms with Crippen LogP contribution in [0.25, 0.3) is 0 Å². The average molecular weight is 313 g/mol. The third kappa shape index (κ3) is 2.61. The minimum Gasteiger partial charge on any atom is -0.308 e. The minimum absolute atomic E-state index is 0.0670. The van der Waals surface area contributed by atoms with Crippen LogP contribution in [0.1, 0.15) is 15.9 Å². The Hall–Kier alpha value is -3.29. The maximum Gasteiger partial charge on any atom is 0.277 e. The van der Waals surface area contributed by atoms with Gasteiger partial charge in [0.05, 0.1) is 21.5 Å². The molecule has 23 heavy (non-hydrogen) atoms. The number of hydrogen-bond donors (Lipinski definition) is 0. The van der Waals surface area contributed by atoms with Crippen molar-refractivity contribution < 1.29 is 14.6 Å². The molecule has 2 aromatic carbocycles. The van der Waals surface area contributed by atoms with E-state index in [-0.39, 0.29) is 5.56 Å². The van der Waals surface area contributed by atoms with Gasteiger partial charge in [0.1, 0.15) is 0 Å². The highest BCUT2D eigenvalue weighted by Gasteiger charge is 2.28. The quantitative estimate of drug-likeness (QED) is 0.639. The number of carbonyl (C=O) groups is 1. The van der Waals surface area contributed by atoms with Gasteiger partial charge >= 0.3 is 0 Å². The molecule has 1 aliphatic heterocycles. The van der Waals surface area contributed by atoms with Crippen molar-refractivity contribution in [3.05, 3.63) is 73.8 Å². The van der Waals surface area contributed by atoms with Crippen LogP contribution in [0.4, 0.5) is 17.1 Å². The van der Waals surface area contributed by atoms with Gasteiger partial charge in [0.25, 0.3) is 17.3 Å². The van der Waals surface area contributed by atoms with Crippen LogP contribution in [0.15, 0.2) is 42.5 Å². The Morgan fingerprint density at radius 1 is 1.00 bits per heavy atom. The lowest BCUT2D eigenvalue weighted by molar-refractivity contribution is -0.394. The third-order valence-electron chi connectivity index (χ3n) is 3.70. The molecule has 1 amide bonds. The van der Waals surface area contributed by atoms with Crippen molar-refractivity contribution in [2.75, 3.05) is 11.4 Å². The predicted octanol–water partition coefficient (Wildman–Crippen LogP) is 2.71. The van der Waals surface area contributed by atoms with Crippen LogP contribution < -0.4 is 4.90 Å². The summed E-state index contributed by atoms with van der Waals surface area (Å²) < 4.78 is 0. The third-order valence-corrected chi connectivity index (χ3v) is 3.70. The average Bonchev–Trinajstić information content (AvgIpc) is 2.97. The molecular formula is C15H11N3O5. The van der Waals surface area contributed by atoms with Crippen molar-refractivity contribution in [1.82, 2.24) is 0 Å². The normalized spacial score (nSPS) is 12.8. The van der Waals surface area contributed by atoms with Crippen LogP contribution in [0.3, 0.4) is 0 Å². The number of nitrogens with zero attached hydrogens (tertiary/aromatic N) is 3. The number of fused-ring (bicyclic) bond motifs is 1. The number of hydrogen-bond acceptors (Lipinski definition) is 5. The molecular weight excluding hydrogens is 302 g/mol. The van der Waals surface area contributed by atoms with E-state index < -0.39 is 27.1 Å². The lowest BCUT2D eigenvalue weighted by Gasteiger charge is -2.17. The summed E-state index contributed by atoms with van der Waals surface area (Å²) >= 11 is 0. The molecule has 8 nitrogen and oxygen atoms in total. The second-order valence-corrected chi connectivity index (χ2v) is 5.09. The number of nitro groups is 2. The summed E-state index contributed by atoms with van der Waals surface area (Å²) in [6.45, 7) is 0.439. The summed E-state index contributed by atoms with van der Waals surface area (Å²) in [6.07, 6.45) is 0.679. The molecule has 0 aliphatic carbocycles. The zero-order valence-corrected chi connectivity index (χ0v) is 11.8. The fourth-order valence-corrected chi connectivity index (χ4v) is 2.63. The molecule has 1 aliphatic rings. The predicted molar refractivity (Wildman–Crippen MR) is 81.6 cm³/mol. The van der Waals surface area contributed by atoms with E-state index in [1.54, 1.807) is 12.1 Å². The zero-order valence-electron chi connectivity index (χ0n) is 11.8. The van der Waals surface area contributed by atoms with E-state index in [1.165, 1.54) is 4.90 Å². The zero-order chi connectivity index (χ0) is 16.6. The van der Waals surface area contributed by atoms with Gasteiger partial charge in [-0.15, -0.1) is 0 Å². The molecule has 2 aromatic rings. The Kier molecular flexibility index (Phi) is 3.49. The van der Waals surface area contributed by atoms with E-state index in [9.17, 15) is 25.0 Å². The van der Waals surface area contributed by atoms with E-state index >= 15 is 0 Å². The first kappa shape index (κ1) is 14.6. The maximum atomic E-state index is 12.6. The van der Waals surface area contributed by atoms with Gasteiger partial charge in [-0.2, -0.15) is 0 Å². The number of nitro benzene ring substituents is 2. The van der Waals surface area contributed by atoms with Gasteiger partial charge in [0.15, 0.2) is 0 Å². The number of rotatable bonds is 3. The summed E-state index contributed by atoms with van der Waals surface area (Å²) in [6, 6.07) is 10.3. The number of para-hydroxylation sites is 1. The summed E-state index contributed by atoms with van der Waals surface area (Å²) in [7, 11) is 0. The molecule has 0 atom stereocenters. The van der Waals surface area contributed by atoms with Crippen molar-refractivity contribution in [3.63, 3.8) is 0 Å². The van der Waals surface area contributed by atoms with Gasteiger partial charge in [-0.3, -0.25) is 25.0 Å². The van der Waals surface area contributed by atoms with Gasteiger partial charge < -0.3 is 4.90 Å². The van der Waals surface area contributed by atoms with E-state index in [0.717, 1.165) is 29.4 Å². The molecule has 0 N–H and O–H groups in total. The van der Waals surface area contributed by atoms with E-state index in [4.69, 9.17) is 0 Å². The first-order valence-corrected chi connectivity index (χ1v) is 6.81. The molecule has 0 spiro atoms. The Morgan fingerprint density at radius 2 is 1.61 bits per heavy atom. The lowest BCUT2D eigenvalue weighted by Crippen LogP contribution is -2.29. The van der Waals surface area contributed by atoms with E-state index in [1.807, 2.05) is 12.1 Å². The SMILES string of the molecule is O=C(c1cc([N+](=O)[O-])cc([N+](=O)[O-])c1)N1CCc2ccccc21. The molecule has 0 bridgehead atoms. The topological polar surface area (TPSA) is 107 Å². The fraction of sp³-hybridized carbons (Fsp3) is 0.133. The summed E-state index contributed by atoms with van der Waals surface area (Å²) in [5, 5.41) is 21.9. The van der Waals surface area contributed by atoms with Crippen LogP contribution >= 0.6 is 0 Å². The van der Waals surface area contributed by atoms with Gasteiger partial charge in [0.2, 0.25) is 0 Å². The van der Waals surface area contributed by atoms with Gasteiger partial charge in [-0.1, -0.05) is 18.2 Å². The monoisotopic (exact) mass is 313 g/mol. The molecule has 0 saturated carbocycles. The van der Waals surface area contributed by atoms with Crippen molar-refractivity contribution in [1.29, 1.82) is 0 Å². The van der Waals surface area contributed by atoms with Crippen molar-refractivity contribution in [2.45, 2.75) is 6.42 Å². The number of benzene rings is 2. The molecule has 0 saturated heterocycles. The molecule has 0 radical (unpaired) electrons. The van der Waals surface area contributed by atoms with Crippen LogP contribution in [0.2, 0.25) is 0 Å². The number of amides is 1. The number of carbonyl (C=O) groups excluding carboxylic acids is 1. The van der Waals surface area contributed by atoms with Gasteiger partial charge in [-0.05, 0) is 18.1 Å². The summed E-state index contributed by atoms with van der Waals surface area (Å²) in [5.41, 5.74) is 0.708. The van der Waals surface area contributed by atoms with Gasteiger partial charge in [0, 0.05) is 24.4 Å². The molecule has 0 fully saturated rings. The smallest absolute Gasteiger partial charge is 0.277 e. The summed E-state index contributed by atoms with van der Waals surface area (Å²) in [5.74, 6) is -0.484. The Balaban J connectivity index is 2.03. The number of non-ortho nitro benzene ring substituents is 2. The van der Waals surface area contributed by atoms with E-state index in [0.29, 0.717) is 13.0 Å². The van der Waals surface area contributed by atoms with Crippen LogP contribution in [-0.4, -0.2) is 22.3 Å². The van der Waals surface area contributed by atoms with E-state index in [2.05, 4.69) is 0 Å². The first-order chi connectivity index (χ1) is 11.0. The highest BCUT2D eigenvalue weighted by Crippen LogP contribution is 2.30. The number of anilines is 1. The van der Waals surface area contributed by atoms with Crippen molar-refractivity contribution in [3.8, 4) is 0 Å². The maximum absolute atomic E-state index is 12.6. The minimum atomic E-state index is -0.748.